The van der Waals surface area contributed by atoms with Crippen LogP contribution in [0.1, 0.15) is 35.7 Å². The Labute approximate surface area is 199 Å². The first kappa shape index (κ1) is 23.2. The predicted molar refractivity (Wildman–Crippen MR) is 132 cm³/mol. The second kappa shape index (κ2) is 9.49. The van der Waals surface area contributed by atoms with Crippen LogP contribution in [0.5, 0.6) is 17.2 Å². The third-order valence-corrected chi connectivity index (χ3v) is 6.78. The van der Waals surface area contributed by atoms with Gasteiger partial charge in [0.05, 0.1) is 21.3 Å². The summed E-state index contributed by atoms with van der Waals surface area (Å²) in [6.07, 6.45) is 1.43. The van der Waals surface area contributed by atoms with Crippen molar-refractivity contribution >= 4 is 28.8 Å². The van der Waals surface area contributed by atoms with E-state index in [9.17, 15) is 4.79 Å². The normalized spacial score (nSPS) is 17.8. The lowest BCUT2D eigenvalue weighted by atomic mass is 9.95. The van der Waals surface area contributed by atoms with Gasteiger partial charge in [0.15, 0.2) is 11.5 Å². The first-order chi connectivity index (χ1) is 16.0. The van der Waals surface area contributed by atoms with E-state index >= 15 is 0 Å². The fraction of sp³-hybridized carbons (Fsp3) is 0.400. The van der Waals surface area contributed by atoms with Crippen molar-refractivity contribution in [3.05, 3.63) is 53.6 Å². The Morgan fingerprint density at radius 2 is 1.64 bits per heavy atom. The number of hydrogen-bond acceptors (Lipinski definition) is 7. The minimum Gasteiger partial charge on any atom is -0.493 e. The summed E-state index contributed by atoms with van der Waals surface area (Å²) in [6, 6.07) is 13.2. The molecule has 2 aliphatic heterocycles. The van der Waals surface area contributed by atoms with Crippen LogP contribution in [0, 0.1) is 0 Å². The van der Waals surface area contributed by atoms with Gasteiger partial charge in [-0.2, -0.15) is 0 Å². The summed E-state index contributed by atoms with van der Waals surface area (Å²) in [5.74, 6) is 1.06. The zero-order chi connectivity index (χ0) is 23.6. The number of methoxy groups -OCH3 is 3. The maximum atomic E-state index is 14.0. The van der Waals surface area contributed by atoms with Gasteiger partial charge >= 0.3 is 0 Å². The summed E-state index contributed by atoms with van der Waals surface area (Å²) >= 11 is 5.88. The molecule has 1 spiro atoms. The summed E-state index contributed by atoms with van der Waals surface area (Å²) in [5.41, 5.74) is 1.32. The molecule has 0 bridgehead atoms. The fourth-order valence-corrected chi connectivity index (χ4v) is 4.98. The topological polar surface area (TPSA) is 63.6 Å². The van der Waals surface area contributed by atoms with Crippen LogP contribution in [0.25, 0.3) is 0 Å². The molecule has 0 aliphatic carbocycles. The Hall–Kier alpha value is -2.97. The number of thiocarbonyl (C=S) groups is 1. The van der Waals surface area contributed by atoms with E-state index in [0.29, 0.717) is 46.4 Å². The molecule has 7 nitrogen and oxygen atoms in total. The van der Waals surface area contributed by atoms with Crippen LogP contribution in [0.2, 0.25) is 0 Å². The zero-order valence-corrected chi connectivity index (χ0v) is 20.3. The van der Waals surface area contributed by atoms with E-state index in [1.165, 1.54) is 21.3 Å². The van der Waals surface area contributed by atoms with Crippen molar-refractivity contribution in [2.24, 2.45) is 4.99 Å². The minimum atomic E-state index is -0.703. The van der Waals surface area contributed by atoms with Crippen molar-refractivity contribution in [1.29, 1.82) is 0 Å². The van der Waals surface area contributed by atoms with E-state index in [1.807, 2.05) is 30.3 Å². The Kier molecular flexibility index (Phi) is 6.67. The number of amides is 1. The third kappa shape index (κ3) is 4.09. The van der Waals surface area contributed by atoms with Crippen LogP contribution in [0.3, 0.4) is 0 Å². The second-order valence-electron chi connectivity index (χ2n) is 8.10. The number of likely N-dealkylation sites (tertiary alicyclic amines) is 1. The zero-order valence-electron chi connectivity index (χ0n) is 19.5. The summed E-state index contributed by atoms with van der Waals surface area (Å²) in [4.78, 5) is 23.6. The van der Waals surface area contributed by atoms with Crippen LogP contribution in [-0.4, -0.2) is 73.0 Å². The van der Waals surface area contributed by atoms with E-state index in [1.54, 1.807) is 17.0 Å². The fourth-order valence-electron chi connectivity index (χ4n) is 4.56. The number of aliphatic imine (C=N–C) groups is 1. The van der Waals surface area contributed by atoms with Crippen LogP contribution >= 0.6 is 12.2 Å². The molecule has 2 aromatic carbocycles. The van der Waals surface area contributed by atoms with Crippen LogP contribution in [0.15, 0.2) is 47.5 Å². The average molecular weight is 468 g/mol. The maximum absolute atomic E-state index is 14.0. The molecule has 0 N–H and O–H groups in total. The molecular weight excluding hydrogens is 438 g/mol. The highest BCUT2D eigenvalue weighted by molar-refractivity contribution is 7.82. The summed E-state index contributed by atoms with van der Waals surface area (Å²) in [7, 11) is 4.60. The lowest BCUT2D eigenvalue weighted by Crippen LogP contribution is -2.55. The molecule has 0 unspecified atom stereocenters. The molecule has 1 fully saturated rings. The molecule has 2 aliphatic rings. The van der Waals surface area contributed by atoms with Gasteiger partial charge in [-0.25, -0.2) is 0 Å². The van der Waals surface area contributed by atoms with Crippen molar-refractivity contribution in [3.63, 3.8) is 0 Å². The van der Waals surface area contributed by atoms with Gasteiger partial charge in [-0.05, 0) is 18.7 Å². The van der Waals surface area contributed by atoms with Gasteiger partial charge in [0.2, 0.25) is 5.75 Å². The van der Waals surface area contributed by atoms with Crippen molar-refractivity contribution in [2.45, 2.75) is 25.4 Å². The molecule has 0 aromatic heterocycles. The largest absolute Gasteiger partial charge is 0.493 e. The number of hydrogen-bond donors (Lipinski definition) is 0. The van der Waals surface area contributed by atoms with Gasteiger partial charge in [-0.3, -0.25) is 14.7 Å². The number of benzene rings is 2. The number of ether oxygens (including phenoxy) is 3. The summed E-state index contributed by atoms with van der Waals surface area (Å²) < 4.78 is 16.4. The molecule has 1 amide bonds. The van der Waals surface area contributed by atoms with Crippen molar-refractivity contribution in [1.82, 2.24) is 9.80 Å². The van der Waals surface area contributed by atoms with E-state index in [-0.39, 0.29) is 5.91 Å². The number of rotatable bonds is 6. The van der Waals surface area contributed by atoms with Gasteiger partial charge in [0, 0.05) is 37.1 Å². The molecule has 0 radical (unpaired) electrons. The van der Waals surface area contributed by atoms with Crippen LogP contribution in [0.4, 0.5) is 0 Å². The molecule has 1 saturated heterocycles. The average Bonchev–Trinajstić information content (AvgIpc) is 3.14. The molecule has 174 valence electrons. The van der Waals surface area contributed by atoms with Gasteiger partial charge in [0.25, 0.3) is 5.91 Å². The maximum Gasteiger partial charge on any atom is 0.261 e. The van der Waals surface area contributed by atoms with Gasteiger partial charge in [-0.1, -0.05) is 49.5 Å². The first-order valence-corrected chi connectivity index (χ1v) is 11.4. The van der Waals surface area contributed by atoms with E-state index in [2.05, 4.69) is 11.8 Å². The number of piperidine rings is 1. The van der Waals surface area contributed by atoms with Crippen LogP contribution in [-0.2, 0) is 0 Å². The quantitative estimate of drug-likeness (QED) is 0.603. The third-order valence-electron chi connectivity index (χ3n) is 6.41. The number of nitrogens with zero attached hydrogens (tertiary/aromatic N) is 3. The molecule has 0 saturated carbocycles. The Morgan fingerprint density at radius 3 is 2.15 bits per heavy atom. The van der Waals surface area contributed by atoms with E-state index in [4.69, 9.17) is 31.4 Å². The Balaban J connectivity index is 1.78. The van der Waals surface area contributed by atoms with E-state index in [0.717, 1.165) is 25.2 Å². The summed E-state index contributed by atoms with van der Waals surface area (Å²) in [6.45, 7) is 4.82. The predicted octanol–water partition coefficient (Wildman–Crippen LogP) is 3.80. The van der Waals surface area contributed by atoms with Crippen LogP contribution < -0.4 is 14.2 Å². The molecule has 4 rings (SSSR count). The highest BCUT2D eigenvalue weighted by Gasteiger charge is 2.50. The standard InChI is InChI=1S/C25H29N3O4S/c1-5-27-13-11-25(12-14-27)26-21(17-9-7-6-8-10-17)24(33)28(25)23(29)18-15-19(30-2)22(32-4)20(16-18)31-3/h6-10,15-16H,5,11-14H2,1-4H3. The van der Waals surface area contributed by atoms with Crippen molar-refractivity contribution in [2.75, 3.05) is 41.0 Å². The molecule has 0 atom stereocenters. The molecule has 33 heavy (non-hydrogen) atoms. The van der Waals surface area contributed by atoms with Gasteiger partial charge in [-0.15, -0.1) is 0 Å². The highest BCUT2D eigenvalue weighted by Crippen LogP contribution is 2.41. The van der Waals surface area contributed by atoms with Gasteiger partial charge < -0.3 is 19.1 Å². The second-order valence-corrected chi connectivity index (χ2v) is 8.49. The lowest BCUT2D eigenvalue weighted by molar-refractivity contribution is 0.0544. The molecule has 2 heterocycles. The number of carbonyl (C=O) groups excluding carboxylic acids is 1. The molecule has 2 aromatic rings. The highest BCUT2D eigenvalue weighted by atomic mass is 32.1. The lowest BCUT2D eigenvalue weighted by Gasteiger charge is -2.42. The SMILES string of the molecule is CCN1CCC2(CC1)N=C(c1ccccc1)C(=S)N2C(=O)c1cc(OC)c(OC)c(OC)c1. The van der Waals surface area contributed by atoms with Crippen molar-refractivity contribution in [3.8, 4) is 17.2 Å². The summed E-state index contributed by atoms with van der Waals surface area (Å²) in [5, 5.41) is 0. The molecule has 8 heteroatoms. The minimum absolute atomic E-state index is 0.223. The monoisotopic (exact) mass is 467 g/mol. The number of carbonyl (C=O) groups is 1. The Morgan fingerprint density at radius 1 is 1.03 bits per heavy atom. The first-order valence-electron chi connectivity index (χ1n) is 11.0. The Bertz CT molecular complexity index is 1050. The smallest absolute Gasteiger partial charge is 0.261 e. The van der Waals surface area contributed by atoms with E-state index < -0.39 is 5.66 Å². The molecular formula is C25H29N3O4S. The van der Waals surface area contributed by atoms with Crippen molar-refractivity contribution < 1.29 is 19.0 Å². The van der Waals surface area contributed by atoms with Gasteiger partial charge in [0.1, 0.15) is 16.4 Å².